The first-order valence-electron chi connectivity index (χ1n) is 7.29. The van der Waals surface area contributed by atoms with Crippen LogP contribution in [0.5, 0.6) is 0 Å². The molecule has 2 heterocycles. The maximum Gasteiger partial charge on any atom is 0.335 e. The highest BCUT2D eigenvalue weighted by atomic mass is 35.5. The van der Waals surface area contributed by atoms with Gasteiger partial charge in [0.25, 0.3) is 0 Å². The van der Waals surface area contributed by atoms with E-state index in [1.165, 1.54) is 23.2 Å². The standard InChI is InChI=1S/C15H11Cl2N7O3/c16-8-1-6(14(26)27)2-9(17)11(8)24(5-25)4-7-3-20-13-10(21-7)12(18)22-15(19)23-13/h1-3,5H,4H2,(H,26,27)(H4,18,19,20,22,23). The van der Waals surface area contributed by atoms with Crippen molar-refractivity contribution in [2.75, 3.05) is 16.4 Å². The molecule has 2 aromatic heterocycles. The number of aromatic nitrogens is 4. The molecule has 12 heteroatoms. The van der Waals surface area contributed by atoms with Crippen LogP contribution in [0.2, 0.25) is 10.0 Å². The number of anilines is 3. The number of nitrogens with zero attached hydrogens (tertiary/aromatic N) is 5. The number of fused-ring (bicyclic) bond motifs is 1. The molecule has 0 aliphatic carbocycles. The van der Waals surface area contributed by atoms with E-state index in [4.69, 9.17) is 39.8 Å². The van der Waals surface area contributed by atoms with E-state index in [0.29, 0.717) is 12.1 Å². The first-order valence-corrected chi connectivity index (χ1v) is 8.04. The second kappa shape index (κ2) is 7.17. The Morgan fingerprint density at radius 2 is 1.85 bits per heavy atom. The summed E-state index contributed by atoms with van der Waals surface area (Å²) in [5.41, 5.74) is 12.1. The zero-order chi connectivity index (χ0) is 19.7. The fourth-order valence-electron chi connectivity index (χ4n) is 2.37. The van der Waals surface area contributed by atoms with Crippen molar-refractivity contribution in [3.63, 3.8) is 0 Å². The average molecular weight is 408 g/mol. The first kappa shape index (κ1) is 18.5. The van der Waals surface area contributed by atoms with Crippen LogP contribution < -0.4 is 16.4 Å². The monoisotopic (exact) mass is 407 g/mol. The van der Waals surface area contributed by atoms with Crippen molar-refractivity contribution in [3.05, 3.63) is 39.6 Å². The molecule has 1 aromatic carbocycles. The number of nitrogen functional groups attached to an aromatic ring is 2. The lowest BCUT2D eigenvalue weighted by atomic mass is 10.2. The number of aromatic carboxylic acids is 1. The summed E-state index contributed by atoms with van der Waals surface area (Å²) in [5, 5.41) is 9.04. The van der Waals surface area contributed by atoms with Gasteiger partial charge in [-0.05, 0) is 12.1 Å². The van der Waals surface area contributed by atoms with Gasteiger partial charge < -0.3 is 21.5 Å². The molecule has 0 aliphatic rings. The minimum atomic E-state index is -1.20. The van der Waals surface area contributed by atoms with E-state index < -0.39 is 5.97 Å². The van der Waals surface area contributed by atoms with Crippen molar-refractivity contribution in [1.29, 1.82) is 0 Å². The summed E-state index contributed by atoms with van der Waals surface area (Å²) in [6.45, 7) is -0.0535. The number of amides is 1. The molecular formula is C15H11Cl2N7O3. The number of rotatable bonds is 5. The van der Waals surface area contributed by atoms with E-state index in [0.717, 1.165) is 0 Å². The van der Waals surface area contributed by atoms with Gasteiger partial charge in [0.2, 0.25) is 12.4 Å². The molecule has 0 saturated heterocycles. The van der Waals surface area contributed by atoms with Crippen LogP contribution in [0.25, 0.3) is 11.2 Å². The molecule has 0 unspecified atom stereocenters. The summed E-state index contributed by atoms with van der Waals surface area (Å²) in [4.78, 5) is 40.0. The number of carboxylic acids is 1. The molecule has 0 atom stereocenters. The van der Waals surface area contributed by atoms with Crippen LogP contribution in [0, 0.1) is 0 Å². The number of halogens is 2. The molecular weight excluding hydrogens is 397 g/mol. The minimum absolute atomic E-state index is 0.00336. The summed E-state index contributed by atoms with van der Waals surface area (Å²) >= 11 is 12.2. The van der Waals surface area contributed by atoms with E-state index in [1.54, 1.807) is 0 Å². The Morgan fingerprint density at radius 1 is 1.19 bits per heavy atom. The zero-order valence-corrected chi connectivity index (χ0v) is 14.9. The maximum atomic E-state index is 11.6. The SMILES string of the molecule is Nc1nc(N)c2nc(CN(C=O)c3c(Cl)cc(C(=O)O)cc3Cl)cnc2n1. The van der Waals surface area contributed by atoms with Gasteiger partial charge in [-0.1, -0.05) is 23.2 Å². The first-order chi connectivity index (χ1) is 12.8. The maximum absolute atomic E-state index is 11.6. The third-order valence-electron chi connectivity index (χ3n) is 3.51. The van der Waals surface area contributed by atoms with Crippen molar-refractivity contribution < 1.29 is 14.7 Å². The van der Waals surface area contributed by atoms with E-state index in [1.807, 2.05) is 0 Å². The highest BCUT2D eigenvalue weighted by Crippen LogP contribution is 2.35. The lowest BCUT2D eigenvalue weighted by Crippen LogP contribution is -2.22. The van der Waals surface area contributed by atoms with Gasteiger partial charge in [-0.15, -0.1) is 0 Å². The van der Waals surface area contributed by atoms with Crippen LogP contribution in [0.1, 0.15) is 16.1 Å². The number of nitrogens with two attached hydrogens (primary N) is 2. The molecule has 10 nitrogen and oxygen atoms in total. The van der Waals surface area contributed by atoms with Crippen molar-refractivity contribution in [1.82, 2.24) is 19.9 Å². The number of carbonyl (C=O) groups excluding carboxylic acids is 1. The molecule has 3 aromatic rings. The van der Waals surface area contributed by atoms with Gasteiger partial charge in [-0.2, -0.15) is 9.97 Å². The Kier molecular flexibility index (Phi) is 4.93. The number of hydrogen-bond acceptors (Lipinski definition) is 8. The van der Waals surface area contributed by atoms with Crippen LogP contribution in [0.4, 0.5) is 17.5 Å². The normalized spacial score (nSPS) is 10.7. The predicted molar refractivity (Wildman–Crippen MR) is 99.6 cm³/mol. The van der Waals surface area contributed by atoms with E-state index in [-0.39, 0.29) is 50.8 Å². The van der Waals surface area contributed by atoms with Gasteiger partial charge in [0.15, 0.2) is 17.0 Å². The van der Waals surface area contributed by atoms with Gasteiger partial charge in [0, 0.05) is 0 Å². The highest BCUT2D eigenvalue weighted by Gasteiger charge is 2.19. The Hall–Kier alpha value is -3.24. The van der Waals surface area contributed by atoms with E-state index in [2.05, 4.69) is 19.9 Å². The molecule has 1 amide bonds. The van der Waals surface area contributed by atoms with E-state index >= 15 is 0 Å². The predicted octanol–water partition coefficient (Wildman–Crippen LogP) is 1.75. The van der Waals surface area contributed by atoms with E-state index in [9.17, 15) is 9.59 Å². The molecule has 3 rings (SSSR count). The molecule has 0 spiro atoms. The number of benzene rings is 1. The largest absolute Gasteiger partial charge is 0.478 e. The Labute approximate surface area is 161 Å². The highest BCUT2D eigenvalue weighted by molar-refractivity contribution is 6.40. The van der Waals surface area contributed by atoms with Crippen LogP contribution in [0.15, 0.2) is 18.3 Å². The quantitative estimate of drug-likeness (QED) is 0.534. The van der Waals surface area contributed by atoms with Gasteiger partial charge in [-0.3, -0.25) is 4.79 Å². The van der Waals surface area contributed by atoms with Gasteiger partial charge in [0.05, 0.1) is 39.7 Å². The lowest BCUT2D eigenvalue weighted by Gasteiger charge is -2.20. The van der Waals surface area contributed by atoms with Crippen LogP contribution in [-0.2, 0) is 11.3 Å². The van der Waals surface area contributed by atoms with Crippen LogP contribution in [0.3, 0.4) is 0 Å². The third-order valence-corrected chi connectivity index (χ3v) is 4.09. The second-order valence-electron chi connectivity index (χ2n) is 5.33. The molecule has 27 heavy (non-hydrogen) atoms. The molecule has 0 fully saturated rings. The van der Waals surface area contributed by atoms with Crippen LogP contribution in [-0.4, -0.2) is 37.4 Å². The number of carbonyl (C=O) groups is 2. The summed E-state index contributed by atoms with van der Waals surface area (Å²) in [6, 6.07) is 2.39. The zero-order valence-electron chi connectivity index (χ0n) is 13.4. The topological polar surface area (TPSA) is 161 Å². The van der Waals surface area contributed by atoms with Gasteiger partial charge in [-0.25, -0.2) is 14.8 Å². The molecule has 0 bridgehead atoms. The molecule has 0 aliphatic heterocycles. The van der Waals surface area contributed by atoms with Gasteiger partial charge in [0.1, 0.15) is 0 Å². The molecule has 5 N–H and O–H groups in total. The van der Waals surface area contributed by atoms with Crippen molar-refractivity contribution in [2.45, 2.75) is 6.54 Å². The lowest BCUT2D eigenvalue weighted by molar-refractivity contribution is -0.107. The number of hydrogen-bond donors (Lipinski definition) is 3. The smallest absolute Gasteiger partial charge is 0.335 e. The van der Waals surface area contributed by atoms with Crippen LogP contribution >= 0.6 is 23.2 Å². The molecule has 138 valence electrons. The second-order valence-corrected chi connectivity index (χ2v) is 6.14. The summed E-state index contributed by atoms with van der Waals surface area (Å²) < 4.78 is 0. The molecule has 0 saturated carbocycles. The third kappa shape index (κ3) is 3.66. The Balaban J connectivity index is 2.00. The fraction of sp³-hybridized carbons (Fsp3) is 0.0667. The minimum Gasteiger partial charge on any atom is -0.478 e. The Bertz CT molecular complexity index is 1050. The average Bonchev–Trinajstić information content (AvgIpc) is 2.60. The number of carboxylic acid groups (broad SMARTS) is 1. The molecule has 0 radical (unpaired) electrons. The van der Waals surface area contributed by atoms with Crippen molar-refractivity contribution in [3.8, 4) is 0 Å². The summed E-state index contributed by atoms with van der Waals surface area (Å²) in [7, 11) is 0. The fourth-order valence-corrected chi connectivity index (χ4v) is 3.07. The van der Waals surface area contributed by atoms with Gasteiger partial charge >= 0.3 is 5.97 Å². The van der Waals surface area contributed by atoms with Crippen molar-refractivity contribution in [2.24, 2.45) is 0 Å². The summed E-state index contributed by atoms with van der Waals surface area (Å²) in [5.74, 6) is -1.18. The summed E-state index contributed by atoms with van der Waals surface area (Å²) in [6.07, 6.45) is 1.88. The Morgan fingerprint density at radius 3 is 2.44 bits per heavy atom. The van der Waals surface area contributed by atoms with Crippen molar-refractivity contribution >= 4 is 64.2 Å².